The summed E-state index contributed by atoms with van der Waals surface area (Å²) in [5.41, 5.74) is 1.06. The first-order valence-electron chi connectivity index (χ1n) is 10.6. The quantitative estimate of drug-likeness (QED) is 0.477. The zero-order valence-corrected chi connectivity index (χ0v) is 20.6. The molecule has 1 rings (SSSR count). The van der Waals surface area contributed by atoms with Gasteiger partial charge in [0.1, 0.15) is 5.75 Å². The molecule has 0 aliphatic rings. The highest BCUT2D eigenvalue weighted by molar-refractivity contribution is 6.74. The summed E-state index contributed by atoms with van der Waals surface area (Å²) < 4.78 is 17.1. The van der Waals surface area contributed by atoms with E-state index in [1.807, 2.05) is 38.1 Å². The fraction of sp³-hybridized carbons (Fsp3) is 0.739. The molecule has 1 aromatic carbocycles. The minimum atomic E-state index is -1.81. The molecule has 0 heterocycles. The van der Waals surface area contributed by atoms with Crippen molar-refractivity contribution in [3.05, 3.63) is 29.8 Å². The Hall–Kier alpha value is -0.923. The van der Waals surface area contributed by atoms with Crippen molar-refractivity contribution in [2.24, 2.45) is 11.8 Å². The van der Waals surface area contributed by atoms with E-state index >= 15 is 0 Å². The highest BCUT2D eigenvalue weighted by atomic mass is 28.4. The van der Waals surface area contributed by atoms with Crippen molar-refractivity contribution >= 4 is 8.32 Å². The Balaban J connectivity index is 2.39. The smallest absolute Gasteiger partial charge is 0.191 e. The molecule has 5 nitrogen and oxygen atoms in total. The van der Waals surface area contributed by atoms with Crippen molar-refractivity contribution in [1.82, 2.24) is 0 Å². The maximum absolute atomic E-state index is 10.6. The molecule has 1 aromatic rings. The molecule has 4 atom stereocenters. The predicted molar refractivity (Wildman–Crippen MR) is 121 cm³/mol. The standard InChI is InChI=1S/C23H42O5Si/c1-17(15-27-16-19-9-11-20(26-6)12-10-19)22(25)18(2)21(24)13-14-28-29(7,8)23(3,4)5/h9-12,17-18,21-22,24-25H,13-16H2,1-8H3/t17-,18+,21-,22-/m0/s1. The molecule has 0 bridgehead atoms. The zero-order chi connectivity index (χ0) is 22.2. The topological polar surface area (TPSA) is 68.2 Å². The van der Waals surface area contributed by atoms with E-state index in [9.17, 15) is 10.2 Å². The number of aliphatic hydroxyl groups excluding tert-OH is 2. The van der Waals surface area contributed by atoms with Crippen LogP contribution in [0.25, 0.3) is 0 Å². The highest BCUT2D eigenvalue weighted by Crippen LogP contribution is 2.36. The first-order valence-corrected chi connectivity index (χ1v) is 13.5. The normalized spacial score (nSPS) is 16.9. The fourth-order valence-electron chi connectivity index (χ4n) is 2.84. The van der Waals surface area contributed by atoms with Crippen LogP contribution in [0.2, 0.25) is 18.1 Å². The van der Waals surface area contributed by atoms with Crippen molar-refractivity contribution in [3.8, 4) is 5.75 Å². The molecule has 0 spiro atoms. The maximum Gasteiger partial charge on any atom is 0.191 e. The van der Waals surface area contributed by atoms with Crippen LogP contribution in [0.15, 0.2) is 24.3 Å². The fourth-order valence-corrected chi connectivity index (χ4v) is 3.90. The SMILES string of the molecule is COc1ccc(COC[C@H](C)[C@H](O)[C@H](C)[C@@H](O)CCO[Si](C)(C)C(C)(C)C)cc1. The average molecular weight is 427 g/mol. The summed E-state index contributed by atoms with van der Waals surface area (Å²) in [7, 11) is -0.170. The lowest BCUT2D eigenvalue weighted by Gasteiger charge is -2.36. The number of ether oxygens (including phenoxy) is 2. The first-order chi connectivity index (χ1) is 13.4. The van der Waals surface area contributed by atoms with Crippen LogP contribution in [0.4, 0.5) is 0 Å². The van der Waals surface area contributed by atoms with Crippen LogP contribution in [0.5, 0.6) is 5.75 Å². The molecule has 0 aliphatic carbocycles. The highest BCUT2D eigenvalue weighted by Gasteiger charge is 2.37. The Bertz CT molecular complexity index is 582. The first kappa shape index (κ1) is 26.1. The predicted octanol–water partition coefficient (Wildman–Crippen LogP) is 4.62. The summed E-state index contributed by atoms with van der Waals surface area (Å²) in [6.07, 6.45) is -0.697. The van der Waals surface area contributed by atoms with Gasteiger partial charge >= 0.3 is 0 Å². The Morgan fingerprint density at radius 1 is 1.03 bits per heavy atom. The Kier molecular flexibility index (Phi) is 10.3. The lowest BCUT2D eigenvalue weighted by Crippen LogP contribution is -2.42. The molecule has 168 valence electrons. The molecular formula is C23H42O5Si. The second-order valence-electron chi connectivity index (χ2n) is 9.65. The molecular weight excluding hydrogens is 384 g/mol. The van der Waals surface area contributed by atoms with Gasteiger partial charge in [0.05, 0.1) is 32.5 Å². The molecule has 0 saturated carbocycles. The van der Waals surface area contributed by atoms with Crippen LogP contribution in [-0.2, 0) is 15.8 Å². The van der Waals surface area contributed by atoms with E-state index < -0.39 is 20.5 Å². The Morgan fingerprint density at radius 2 is 1.62 bits per heavy atom. The van der Waals surface area contributed by atoms with Gasteiger partial charge in [-0.15, -0.1) is 0 Å². The van der Waals surface area contributed by atoms with Gasteiger partial charge in [0, 0.05) is 18.4 Å². The van der Waals surface area contributed by atoms with E-state index in [-0.39, 0.29) is 16.9 Å². The van der Waals surface area contributed by atoms with Gasteiger partial charge in [-0.25, -0.2) is 0 Å². The van der Waals surface area contributed by atoms with Gasteiger partial charge in [-0.1, -0.05) is 46.8 Å². The van der Waals surface area contributed by atoms with Crippen molar-refractivity contribution in [3.63, 3.8) is 0 Å². The van der Waals surface area contributed by atoms with Gasteiger partial charge in [-0.05, 0) is 42.2 Å². The van der Waals surface area contributed by atoms with Gasteiger partial charge in [-0.2, -0.15) is 0 Å². The largest absolute Gasteiger partial charge is 0.497 e. The Labute approximate surface area is 178 Å². The molecule has 0 amide bonds. The minimum Gasteiger partial charge on any atom is -0.497 e. The molecule has 0 saturated heterocycles. The van der Waals surface area contributed by atoms with E-state index in [2.05, 4.69) is 33.9 Å². The lowest BCUT2D eigenvalue weighted by molar-refractivity contribution is -0.0390. The molecule has 0 unspecified atom stereocenters. The van der Waals surface area contributed by atoms with Gasteiger partial charge < -0.3 is 24.1 Å². The molecule has 0 fully saturated rings. The molecule has 2 N–H and O–H groups in total. The third kappa shape index (κ3) is 8.38. The second-order valence-corrected chi connectivity index (χ2v) is 14.5. The maximum atomic E-state index is 10.6. The summed E-state index contributed by atoms with van der Waals surface area (Å²) >= 11 is 0. The van der Waals surface area contributed by atoms with Crippen LogP contribution in [0.1, 0.15) is 46.6 Å². The van der Waals surface area contributed by atoms with Crippen LogP contribution < -0.4 is 4.74 Å². The van der Waals surface area contributed by atoms with Gasteiger partial charge in [0.25, 0.3) is 0 Å². The van der Waals surface area contributed by atoms with E-state index in [1.165, 1.54) is 0 Å². The van der Waals surface area contributed by atoms with E-state index in [1.54, 1.807) is 7.11 Å². The van der Waals surface area contributed by atoms with Crippen LogP contribution >= 0.6 is 0 Å². The molecule has 0 radical (unpaired) electrons. The monoisotopic (exact) mass is 426 g/mol. The summed E-state index contributed by atoms with van der Waals surface area (Å²) in [5.74, 6) is 0.509. The van der Waals surface area contributed by atoms with E-state index in [4.69, 9.17) is 13.9 Å². The molecule has 29 heavy (non-hydrogen) atoms. The van der Waals surface area contributed by atoms with Crippen LogP contribution in [0.3, 0.4) is 0 Å². The van der Waals surface area contributed by atoms with Crippen molar-refractivity contribution in [2.75, 3.05) is 20.3 Å². The molecule has 0 aliphatic heterocycles. The number of benzene rings is 1. The summed E-state index contributed by atoms with van der Waals surface area (Å²) in [5, 5.41) is 21.3. The minimum absolute atomic E-state index is 0.0702. The van der Waals surface area contributed by atoms with Gasteiger partial charge in [0.15, 0.2) is 8.32 Å². The van der Waals surface area contributed by atoms with Crippen LogP contribution in [-0.4, -0.2) is 51.1 Å². The zero-order valence-electron chi connectivity index (χ0n) is 19.6. The van der Waals surface area contributed by atoms with Crippen molar-refractivity contribution < 1.29 is 24.1 Å². The summed E-state index contributed by atoms with van der Waals surface area (Å²) in [6, 6.07) is 7.74. The van der Waals surface area contributed by atoms with Crippen molar-refractivity contribution in [2.45, 2.75) is 78.0 Å². The third-order valence-corrected chi connectivity index (χ3v) is 10.8. The number of hydrogen-bond donors (Lipinski definition) is 2. The number of aliphatic hydroxyl groups is 2. The average Bonchev–Trinajstić information content (AvgIpc) is 2.66. The van der Waals surface area contributed by atoms with E-state index in [0.717, 1.165) is 11.3 Å². The van der Waals surface area contributed by atoms with Crippen LogP contribution in [0, 0.1) is 11.8 Å². The van der Waals surface area contributed by atoms with Gasteiger partial charge in [-0.3, -0.25) is 0 Å². The second kappa shape index (κ2) is 11.5. The number of rotatable bonds is 12. The number of hydrogen-bond acceptors (Lipinski definition) is 5. The van der Waals surface area contributed by atoms with E-state index in [0.29, 0.717) is 26.2 Å². The Morgan fingerprint density at radius 3 is 2.14 bits per heavy atom. The molecule has 0 aromatic heterocycles. The van der Waals surface area contributed by atoms with Gasteiger partial charge in [0.2, 0.25) is 0 Å². The summed E-state index contributed by atoms with van der Waals surface area (Å²) in [6.45, 7) is 16.3. The molecule has 6 heteroatoms. The van der Waals surface area contributed by atoms with Crippen molar-refractivity contribution in [1.29, 1.82) is 0 Å². The summed E-state index contributed by atoms with van der Waals surface area (Å²) in [4.78, 5) is 0. The lowest BCUT2D eigenvalue weighted by atomic mass is 9.88. The number of methoxy groups -OCH3 is 1. The third-order valence-electron chi connectivity index (χ3n) is 6.22.